The SMILES string of the molecule is Cc1cc(NC(=O)C2CCS(=O)(=O)C2)n(-c2ccc(Cl)cc2)n1. The number of sulfone groups is 1. The molecule has 6 nitrogen and oxygen atoms in total. The molecule has 0 saturated carbocycles. The third kappa shape index (κ3) is 3.56. The Hall–Kier alpha value is -1.86. The first kappa shape index (κ1) is 16.0. The lowest BCUT2D eigenvalue weighted by molar-refractivity contribution is -0.119. The standard InChI is InChI=1S/C15H16ClN3O3S/c1-10-8-14(17-15(20)11-6-7-23(21,22)9-11)19(18-10)13-4-2-12(16)3-5-13/h2-5,8,11H,6-7,9H2,1H3,(H,17,20). The molecule has 1 aromatic heterocycles. The van der Waals surface area contributed by atoms with Crippen molar-refractivity contribution < 1.29 is 13.2 Å². The zero-order chi connectivity index (χ0) is 16.6. The van der Waals surface area contributed by atoms with Crippen molar-refractivity contribution in [1.29, 1.82) is 0 Å². The highest BCUT2D eigenvalue weighted by atomic mass is 35.5. The fourth-order valence-electron chi connectivity index (χ4n) is 2.60. The van der Waals surface area contributed by atoms with Crippen LogP contribution in [0.5, 0.6) is 0 Å². The monoisotopic (exact) mass is 353 g/mol. The van der Waals surface area contributed by atoms with E-state index in [0.29, 0.717) is 17.3 Å². The van der Waals surface area contributed by atoms with Gasteiger partial charge >= 0.3 is 0 Å². The Morgan fingerprint density at radius 1 is 1.35 bits per heavy atom. The predicted molar refractivity (Wildman–Crippen MR) is 88.7 cm³/mol. The van der Waals surface area contributed by atoms with E-state index in [1.54, 1.807) is 35.0 Å². The molecule has 1 aliphatic heterocycles. The largest absolute Gasteiger partial charge is 0.310 e. The molecular weight excluding hydrogens is 338 g/mol. The number of hydrogen-bond donors (Lipinski definition) is 1. The third-order valence-corrected chi connectivity index (χ3v) is 5.78. The van der Waals surface area contributed by atoms with E-state index in [-0.39, 0.29) is 17.4 Å². The molecule has 0 radical (unpaired) electrons. The molecule has 0 bridgehead atoms. The summed E-state index contributed by atoms with van der Waals surface area (Å²) in [6.07, 6.45) is 0.363. The van der Waals surface area contributed by atoms with E-state index < -0.39 is 15.8 Å². The number of aryl methyl sites for hydroxylation is 1. The van der Waals surface area contributed by atoms with Crippen LogP contribution in [-0.4, -0.2) is 35.6 Å². The molecule has 2 heterocycles. The fraction of sp³-hybridized carbons (Fsp3) is 0.333. The van der Waals surface area contributed by atoms with Gasteiger partial charge in [0.2, 0.25) is 5.91 Å². The molecule has 1 N–H and O–H groups in total. The van der Waals surface area contributed by atoms with Crippen LogP contribution in [-0.2, 0) is 14.6 Å². The molecule has 0 aliphatic carbocycles. The van der Waals surface area contributed by atoms with Crippen LogP contribution in [0.4, 0.5) is 5.82 Å². The minimum atomic E-state index is -3.09. The van der Waals surface area contributed by atoms with Gasteiger partial charge in [-0.25, -0.2) is 13.1 Å². The van der Waals surface area contributed by atoms with Gasteiger partial charge in [-0.15, -0.1) is 0 Å². The van der Waals surface area contributed by atoms with E-state index in [1.165, 1.54) is 0 Å². The van der Waals surface area contributed by atoms with E-state index in [9.17, 15) is 13.2 Å². The van der Waals surface area contributed by atoms with Crippen LogP contribution in [0.25, 0.3) is 5.69 Å². The normalized spacial score (nSPS) is 19.7. The molecule has 2 aromatic rings. The zero-order valence-corrected chi connectivity index (χ0v) is 14.1. The van der Waals surface area contributed by atoms with Crippen molar-refractivity contribution in [2.45, 2.75) is 13.3 Å². The quantitative estimate of drug-likeness (QED) is 0.917. The molecule has 1 amide bonds. The number of amides is 1. The van der Waals surface area contributed by atoms with E-state index in [4.69, 9.17) is 11.6 Å². The van der Waals surface area contributed by atoms with Crippen molar-refractivity contribution in [3.05, 3.63) is 41.0 Å². The summed E-state index contributed by atoms with van der Waals surface area (Å²) >= 11 is 5.89. The number of rotatable bonds is 3. The number of benzene rings is 1. The Morgan fingerprint density at radius 3 is 2.65 bits per heavy atom. The summed E-state index contributed by atoms with van der Waals surface area (Å²) < 4.78 is 24.6. The average Bonchev–Trinajstić information content (AvgIpc) is 3.02. The first-order valence-electron chi connectivity index (χ1n) is 7.18. The van der Waals surface area contributed by atoms with Gasteiger partial charge in [-0.1, -0.05) is 11.6 Å². The van der Waals surface area contributed by atoms with E-state index >= 15 is 0 Å². The van der Waals surface area contributed by atoms with Gasteiger partial charge in [0.25, 0.3) is 0 Å². The maximum Gasteiger partial charge on any atom is 0.229 e. The highest BCUT2D eigenvalue weighted by Crippen LogP contribution is 2.23. The van der Waals surface area contributed by atoms with Crippen LogP contribution in [0, 0.1) is 12.8 Å². The fourth-order valence-corrected chi connectivity index (χ4v) is 4.47. The molecule has 1 unspecified atom stereocenters. The molecule has 3 rings (SSSR count). The number of carbonyl (C=O) groups excluding carboxylic acids is 1. The number of nitrogens with zero attached hydrogens (tertiary/aromatic N) is 2. The number of anilines is 1. The first-order chi connectivity index (χ1) is 10.8. The number of carbonyl (C=O) groups is 1. The minimum Gasteiger partial charge on any atom is -0.310 e. The Bertz CT molecular complexity index is 843. The van der Waals surface area contributed by atoms with E-state index in [0.717, 1.165) is 11.4 Å². The molecule has 1 fully saturated rings. The maximum atomic E-state index is 12.3. The van der Waals surface area contributed by atoms with Crippen LogP contribution in [0.3, 0.4) is 0 Å². The molecule has 0 spiro atoms. The highest BCUT2D eigenvalue weighted by molar-refractivity contribution is 7.91. The minimum absolute atomic E-state index is 0.0700. The highest BCUT2D eigenvalue weighted by Gasteiger charge is 2.33. The summed E-state index contributed by atoms with van der Waals surface area (Å²) in [7, 11) is -3.09. The smallest absolute Gasteiger partial charge is 0.229 e. The van der Waals surface area contributed by atoms with Crippen LogP contribution in [0.1, 0.15) is 12.1 Å². The van der Waals surface area contributed by atoms with Gasteiger partial charge in [-0.2, -0.15) is 5.10 Å². The second-order valence-corrected chi connectivity index (χ2v) is 8.31. The van der Waals surface area contributed by atoms with Gasteiger partial charge in [-0.3, -0.25) is 4.79 Å². The van der Waals surface area contributed by atoms with Crippen LogP contribution >= 0.6 is 11.6 Å². The van der Waals surface area contributed by atoms with Crippen LogP contribution in [0.15, 0.2) is 30.3 Å². The van der Waals surface area contributed by atoms with Crippen molar-refractivity contribution in [1.82, 2.24) is 9.78 Å². The molecule has 122 valence electrons. The van der Waals surface area contributed by atoms with E-state index in [1.807, 2.05) is 6.92 Å². The van der Waals surface area contributed by atoms with Crippen molar-refractivity contribution in [3.8, 4) is 5.69 Å². The molecule has 1 aromatic carbocycles. The Kier molecular flexibility index (Phi) is 4.16. The molecular formula is C15H16ClN3O3S. The lowest BCUT2D eigenvalue weighted by atomic mass is 10.1. The Morgan fingerprint density at radius 2 is 2.04 bits per heavy atom. The topological polar surface area (TPSA) is 81.1 Å². The number of halogens is 1. The number of aromatic nitrogens is 2. The van der Waals surface area contributed by atoms with E-state index in [2.05, 4.69) is 10.4 Å². The number of nitrogens with one attached hydrogen (secondary N) is 1. The third-order valence-electron chi connectivity index (χ3n) is 3.76. The van der Waals surface area contributed by atoms with Crippen LogP contribution < -0.4 is 5.32 Å². The van der Waals surface area contributed by atoms with Gasteiger partial charge in [0.15, 0.2) is 9.84 Å². The summed E-state index contributed by atoms with van der Waals surface area (Å²) in [6.45, 7) is 1.82. The second-order valence-electron chi connectivity index (χ2n) is 5.65. The van der Waals surface area contributed by atoms with Crippen molar-refractivity contribution in [2.75, 3.05) is 16.8 Å². The zero-order valence-electron chi connectivity index (χ0n) is 12.5. The molecule has 1 atom stereocenters. The summed E-state index contributed by atoms with van der Waals surface area (Å²) in [5.41, 5.74) is 1.51. The number of hydrogen-bond acceptors (Lipinski definition) is 4. The summed E-state index contributed by atoms with van der Waals surface area (Å²) in [5.74, 6) is -0.304. The van der Waals surface area contributed by atoms with Crippen LogP contribution in [0.2, 0.25) is 5.02 Å². The molecule has 8 heteroatoms. The lowest BCUT2D eigenvalue weighted by Gasteiger charge is -2.11. The molecule has 1 aliphatic rings. The Balaban J connectivity index is 1.83. The van der Waals surface area contributed by atoms with Gasteiger partial charge in [0.05, 0.1) is 28.8 Å². The van der Waals surface area contributed by atoms with Crippen molar-refractivity contribution in [3.63, 3.8) is 0 Å². The van der Waals surface area contributed by atoms with Crippen molar-refractivity contribution >= 4 is 33.2 Å². The summed E-state index contributed by atoms with van der Waals surface area (Å²) in [6, 6.07) is 8.82. The molecule has 23 heavy (non-hydrogen) atoms. The second kappa shape index (κ2) is 5.98. The first-order valence-corrected chi connectivity index (χ1v) is 9.38. The summed E-state index contributed by atoms with van der Waals surface area (Å²) in [5, 5.41) is 7.76. The molecule has 1 saturated heterocycles. The predicted octanol–water partition coefficient (Wildman–Crippen LogP) is 2.21. The average molecular weight is 354 g/mol. The van der Waals surface area contributed by atoms with Gasteiger partial charge in [-0.05, 0) is 37.6 Å². The van der Waals surface area contributed by atoms with Gasteiger partial charge < -0.3 is 5.32 Å². The van der Waals surface area contributed by atoms with Gasteiger partial charge in [0.1, 0.15) is 5.82 Å². The van der Waals surface area contributed by atoms with Crippen molar-refractivity contribution in [2.24, 2.45) is 5.92 Å². The Labute approximate surface area is 139 Å². The maximum absolute atomic E-state index is 12.3. The van der Waals surface area contributed by atoms with Gasteiger partial charge in [0, 0.05) is 11.1 Å². The lowest BCUT2D eigenvalue weighted by Crippen LogP contribution is -2.25. The summed E-state index contributed by atoms with van der Waals surface area (Å²) in [4.78, 5) is 12.3.